The van der Waals surface area contributed by atoms with Gasteiger partial charge in [0.1, 0.15) is 17.7 Å². The standard InChI is InChI=1S/C15H18N2O2S/c1-2-5-14(6-3-1)20-11-13-9-12(17-19-13)10-18-15-7-4-8-16-15/h1-3,5-6,9,15-16H,4,7-8,10-11H2/t15-/m0/s1. The molecule has 4 nitrogen and oxygen atoms in total. The summed E-state index contributed by atoms with van der Waals surface area (Å²) in [6.07, 6.45) is 2.44. The highest BCUT2D eigenvalue weighted by Gasteiger charge is 2.15. The van der Waals surface area contributed by atoms with Crippen LogP contribution < -0.4 is 5.32 Å². The fourth-order valence-corrected chi connectivity index (χ4v) is 2.94. The van der Waals surface area contributed by atoms with Crippen LogP contribution >= 0.6 is 11.8 Å². The second-order valence-electron chi connectivity index (χ2n) is 4.78. The Morgan fingerprint density at radius 2 is 2.25 bits per heavy atom. The van der Waals surface area contributed by atoms with Gasteiger partial charge in [0, 0.05) is 11.0 Å². The molecule has 2 aromatic rings. The minimum Gasteiger partial charge on any atom is -0.360 e. The van der Waals surface area contributed by atoms with E-state index in [2.05, 4.69) is 22.6 Å². The minimum absolute atomic E-state index is 0.175. The molecule has 0 radical (unpaired) electrons. The number of ether oxygens (including phenoxy) is 1. The Balaban J connectivity index is 1.46. The number of hydrogen-bond donors (Lipinski definition) is 1. The van der Waals surface area contributed by atoms with Crippen LogP contribution in [0.1, 0.15) is 24.3 Å². The number of thioether (sulfide) groups is 1. The lowest BCUT2D eigenvalue weighted by atomic mass is 10.3. The van der Waals surface area contributed by atoms with E-state index in [0.717, 1.165) is 30.2 Å². The van der Waals surface area contributed by atoms with Crippen molar-refractivity contribution in [3.05, 3.63) is 47.9 Å². The third kappa shape index (κ3) is 3.85. The van der Waals surface area contributed by atoms with Gasteiger partial charge in [-0.15, -0.1) is 11.8 Å². The predicted octanol–water partition coefficient (Wildman–Crippen LogP) is 3.19. The number of hydrogen-bond acceptors (Lipinski definition) is 5. The summed E-state index contributed by atoms with van der Waals surface area (Å²) in [7, 11) is 0. The molecule has 1 aromatic carbocycles. The van der Waals surface area contributed by atoms with E-state index < -0.39 is 0 Å². The van der Waals surface area contributed by atoms with Crippen molar-refractivity contribution in [1.29, 1.82) is 0 Å². The Hall–Kier alpha value is -1.30. The van der Waals surface area contributed by atoms with Gasteiger partial charge in [-0.3, -0.25) is 5.32 Å². The highest BCUT2D eigenvalue weighted by Crippen LogP contribution is 2.22. The highest BCUT2D eigenvalue weighted by molar-refractivity contribution is 7.98. The van der Waals surface area contributed by atoms with E-state index in [1.165, 1.54) is 11.3 Å². The van der Waals surface area contributed by atoms with E-state index in [9.17, 15) is 0 Å². The third-order valence-corrected chi connectivity index (χ3v) is 4.21. The molecule has 1 fully saturated rings. The first-order chi connectivity index (χ1) is 9.90. The summed E-state index contributed by atoms with van der Waals surface area (Å²) in [5, 5.41) is 7.34. The fraction of sp³-hybridized carbons (Fsp3) is 0.400. The zero-order valence-corrected chi connectivity index (χ0v) is 12.1. The predicted molar refractivity (Wildman–Crippen MR) is 78.3 cm³/mol. The molecule has 0 unspecified atom stereocenters. The van der Waals surface area contributed by atoms with Gasteiger partial charge in [-0.1, -0.05) is 23.4 Å². The van der Waals surface area contributed by atoms with Crippen molar-refractivity contribution in [1.82, 2.24) is 10.5 Å². The van der Waals surface area contributed by atoms with Crippen LogP contribution in [0.15, 0.2) is 45.8 Å². The van der Waals surface area contributed by atoms with E-state index in [0.29, 0.717) is 6.61 Å². The lowest BCUT2D eigenvalue weighted by Gasteiger charge is -2.09. The number of aromatic nitrogens is 1. The summed E-state index contributed by atoms with van der Waals surface area (Å²) in [6, 6.07) is 12.3. The van der Waals surface area contributed by atoms with Crippen molar-refractivity contribution >= 4 is 11.8 Å². The summed E-state index contributed by atoms with van der Waals surface area (Å²) < 4.78 is 11.1. The van der Waals surface area contributed by atoms with Gasteiger partial charge in [0.25, 0.3) is 0 Å². The van der Waals surface area contributed by atoms with Crippen molar-refractivity contribution < 1.29 is 9.26 Å². The Morgan fingerprint density at radius 3 is 3.05 bits per heavy atom. The molecule has 0 spiro atoms. The number of nitrogens with zero attached hydrogens (tertiary/aromatic N) is 1. The topological polar surface area (TPSA) is 47.3 Å². The normalized spacial score (nSPS) is 18.5. The van der Waals surface area contributed by atoms with E-state index in [1.807, 2.05) is 24.3 Å². The summed E-state index contributed by atoms with van der Waals surface area (Å²) in [6.45, 7) is 1.56. The Labute approximate surface area is 122 Å². The van der Waals surface area contributed by atoms with Gasteiger partial charge in [-0.25, -0.2) is 0 Å². The molecule has 106 valence electrons. The molecule has 0 aliphatic carbocycles. The zero-order valence-electron chi connectivity index (χ0n) is 11.2. The lowest BCUT2D eigenvalue weighted by Crippen LogP contribution is -2.24. The van der Waals surface area contributed by atoms with Crippen molar-refractivity contribution in [2.75, 3.05) is 6.54 Å². The van der Waals surface area contributed by atoms with Gasteiger partial charge in [-0.05, 0) is 31.5 Å². The molecule has 0 saturated carbocycles. The Morgan fingerprint density at radius 1 is 1.35 bits per heavy atom. The van der Waals surface area contributed by atoms with E-state index >= 15 is 0 Å². The van der Waals surface area contributed by atoms with Crippen molar-refractivity contribution in [2.24, 2.45) is 0 Å². The van der Waals surface area contributed by atoms with Gasteiger partial charge in [0.2, 0.25) is 0 Å². The Bertz CT molecular complexity index is 524. The van der Waals surface area contributed by atoms with Crippen LogP contribution in [0.4, 0.5) is 0 Å². The van der Waals surface area contributed by atoms with Crippen LogP contribution in [0.3, 0.4) is 0 Å². The molecule has 20 heavy (non-hydrogen) atoms. The van der Waals surface area contributed by atoms with E-state index in [1.54, 1.807) is 11.8 Å². The molecule has 2 heterocycles. The maximum atomic E-state index is 5.72. The lowest BCUT2D eigenvalue weighted by molar-refractivity contribution is 0.0281. The summed E-state index contributed by atoms with van der Waals surface area (Å²) >= 11 is 1.74. The van der Waals surface area contributed by atoms with Gasteiger partial charge >= 0.3 is 0 Å². The number of benzene rings is 1. The van der Waals surface area contributed by atoms with Gasteiger partial charge in [0.05, 0.1) is 12.4 Å². The molecule has 1 aliphatic heterocycles. The first-order valence-corrected chi connectivity index (χ1v) is 7.86. The average molecular weight is 290 g/mol. The van der Waals surface area contributed by atoms with Gasteiger partial charge < -0.3 is 9.26 Å². The second kappa shape index (κ2) is 6.92. The molecule has 1 aliphatic rings. The van der Waals surface area contributed by atoms with Crippen LogP contribution in [0, 0.1) is 0 Å². The molecular formula is C15H18N2O2S. The number of nitrogens with one attached hydrogen (secondary N) is 1. The minimum atomic E-state index is 0.175. The SMILES string of the molecule is c1ccc(SCc2cc(CO[C@H]3CCCN3)no2)cc1. The monoisotopic (exact) mass is 290 g/mol. The third-order valence-electron chi connectivity index (χ3n) is 3.18. The number of rotatable bonds is 6. The zero-order chi connectivity index (χ0) is 13.6. The maximum absolute atomic E-state index is 5.72. The first-order valence-electron chi connectivity index (χ1n) is 6.87. The molecule has 1 atom stereocenters. The van der Waals surface area contributed by atoms with Gasteiger partial charge in [-0.2, -0.15) is 0 Å². The molecule has 0 amide bonds. The van der Waals surface area contributed by atoms with Crippen molar-refractivity contribution in [2.45, 2.75) is 36.3 Å². The van der Waals surface area contributed by atoms with Crippen LogP contribution in [0.25, 0.3) is 0 Å². The fourth-order valence-electron chi connectivity index (χ4n) is 2.14. The average Bonchev–Trinajstić information content (AvgIpc) is 3.16. The maximum Gasteiger partial charge on any atom is 0.147 e. The smallest absolute Gasteiger partial charge is 0.147 e. The summed E-state index contributed by atoms with van der Waals surface area (Å²) in [5.74, 6) is 1.68. The second-order valence-corrected chi connectivity index (χ2v) is 5.83. The van der Waals surface area contributed by atoms with Crippen LogP contribution in [0.2, 0.25) is 0 Å². The molecule has 5 heteroatoms. The van der Waals surface area contributed by atoms with Crippen molar-refractivity contribution in [3.8, 4) is 0 Å². The largest absolute Gasteiger partial charge is 0.360 e. The van der Waals surface area contributed by atoms with Crippen LogP contribution in [-0.2, 0) is 17.1 Å². The van der Waals surface area contributed by atoms with Crippen LogP contribution in [-0.4, -0.2) is 17.9 Å². The van der Waals surface area contributed by atoms with Crippen LogP contribution in [0.5, 0.6) is 0 Å². The molecule has 3 rings (SSSR count). The molecule has 0 bridgehead atoms. The molecular weight excluding hydrogens is 272 g/mol. The highest BCUT2D eigenvalue weighted by atomic mass is 32.2. The summed E-state index contributed by atoms with van der Waals surface area (Å²) in [5.41, 5.74) is 0.863. The first kappa shape index (κ1) is 13.7. The molecule has 1 saturated heterocycles. The Kier molecular flexibility index (Phi) is 4.73. The summed E-state index contributed by atoms with van der Waals surface area (Å²) in [4.78, 5) is 1.23. The van der Waals surface area contributed by atoms with E-state index in [4.69, 9.17) is 9.26 Å². The van der Waals surface area contributed by atoms with Crippen molar-refractivity contribution in [3.63, 3.8) is 0 Å². The molecule has 1 aromatic heterocycles. The molecule has 1 N–H and O–H groups in total. The van der Waals surface area contributed by atoms with E-state index in [-0.39, 0.29) is 6.23 Å². The van der Waals surface area contributed by atoms with Gasteiger partial charge in [0.15, 0.2) is 0 Å². The quantitative estimate of drug-likeness (QED) is 0.828.